The van der Waals surface area contributed by atoms with Gasteiger partial charge in [-0.15, -0.1) is 0 Å². The molecular formula is C22H19FN4O. The van der Waals surface area contributed by atoms with Crippen molar-refractivity contribution in [2.75, 3.05) is 6.54 Å². The molecule has 140 valence electrons. The van der Waals surface area contributed by atoms with Gasteiger partial charge in [-0.3, -0.25) is 9.48 Å². The third-order valence-electron chi connectivity index (χ3n) is 4.61. The minimum atomic E-state index is -0.349. The number of fused-ring (bicyclic) bond motifs is 1. The second-order valence-electron chi connectivity index (χ2n) is 6.56. The van der Waals surface area contributed by atoms with Gasteiger partial charge in [-0.1, -0.05) is 42.5 Å². The number of benzene rings is 2. The fraction of sp³-hybridized carbons (Fsp3) is 0.136. The van der Waals surface area contributed by atoms with Crippen molar-refractivity contribution in [1.82, 2.24) is 20.1 Å². The van der Waals surface area contributed by atoms with E-state index in [0.29, 0.717) is 34.4 Å². The normalized spacial score (nSPS) is 10.9. The van der Waals surface area contributed by atoms with E-state index in [9.17, 15) is 9.18 Å². The Kier molecular flexibility index (Phi) is 4.85. The average molecular weight is 374 g/mol. The van der Waals surface area contributed by atoms with E-state index in [2.05, 4.69) is 15.4 Å². The molecule has 0 aliphatic rings. The first-order valence-electron chi connectivity index (χ1n) is 9.02. The van der Waals surface area contributed by atoms with Crippen LogP contribution in [0.2, 0.25) is 0 Å². The van der Waals surface area contributed by atoms with Crippen molar-refractivity contribution in [3.8, 4) is 11.3 Å². The summed E-state index contributed by atoms with van der Waals surface area (Å²) in [6, 6.07) is 17.8. The lowest BCUT2D eigenvalue weighted by Crippen LogP contribution is -2.26. The predicted molar refractivity (Wildman–Crippen MR) is 106 cm³/mol. The zero-order valence-electron chi connectivity index (χ0n) is 15.4. The van der Waals surface area contributed by atoms with E-state index in [0.717, 1.165) is 12.0 Å². The molecule has 0 atom stereocenters. The zero-order valence-corrected chi connectivity index (χ0v) is 15.4. The monoisotopic (exact) mass is 374 g/mol. The molecule has 2 aromatic carbocycles. The maximum absolute atomic E-state index is 13.6. The highest BCUT2D eigenvalue weighted by atomic mass is 19.1. The Morgan fingerprint density at radius 1 is 1.11 bits per heavy atom. The van der Waals surface area contributed by atoms with Crippen molar-refractivity contribution in [3.63, 3.8) is 0 Å². The summed E-state index contributed by atoms with van der Waals surface area (Å²) >= 11 is 0. The van der Waals surface area contributed by atoms with Crippen LogP contribution in [0.4, 0.5) is 4.39 Å². The average Bonchev–Trinajstić information content (AvgIpc) is 3.09. The van der Waals surface area contributed by atoms with Crippen LogP contribution in [0.5, 0.6) is 0 Å². The summed E-state index contributed by atoms with van der Waals surface area (Å²) in [6.07, 6.45) is 2.37. The lowest BCUT2D eigenvalue weighted by Gasteiger charge is -2.09. The molecule has 1 amide bonds. The van der Waals surface area contributed by atoms with Gasteiger partial charge in [0, 0.05) is 19.2 Å². The third-order valence-corrected chi connectivity index (χ3v) is 4.61. The van der Waals surface area contributed by atoms with Crippen LogP contribution in [0, 0.1) is 5.82 Å². The smallest absolute Gasteiger partial charge is 0.252 e. The Bertz CT molecular complexity index is 1140. The fourth-order valence-electron chi connectivity index (χ4n) is 3.16. The number of nitrogens with one attached hydrogen (secondary N) is 1. The number of carbonyl (C=O) groups excluding carboxylic acids is 1. The standard InChI is InChI=1S/C22H19FN4O/c1-27-21-19(14-25-27)18(13-20(26-21)16-8-5-9-17(23)12-16)22(28)24-11-10-15-6-3-2-4-7-15/h2-9,12-14H,10-11H2,1H3,(H,24,28). The van der Waals surface area contributed by atoms with Crippen LogP contribution in [0.3, 0.4) is 0 Å². The van der Waals surface area contributed by atoms with Crippen molar-refractivity contribution in [2.45, 2.75) is 6.42 Å². The van der Waals surface area contributed by atoms with Gasteiger partial charge >= 0.3 is 0 Å². The van der Waals surface area contributed by atoms with Gasteiger partial charge in [-0.25, -0.2) is 9.37 Å². The molecule has 1 N–H and O–H groups in total. The summed E-state index contributed by atoms with van der Waals surface area (Å²) in [5.74, 6) is -0.549. The molecule has 0 aliphatic heterocycles. The molecule has 5 nitrogen and oxygen atoms in total. The van der Waals surface area contributed by atoms with Gasteiger partial charge in [-0.05, 0) is 30.2 Å². The van der Waals surface area contributed by atoms with Crippen molar-refractivity contribution >= 4 is 16.9 Å². The second kappa shape index (κ2) is 7.60. The highest BCUT2D eigenvalue weighted by Crippen LogP contribution is 2.25. The van der Waals surface area contributed by atoms with Gasteiger partial charge in [0.2, 0.25) is 0 Å². The molecule has 6 heteroatoms. The van der Waals surface area contributed by atoms with Crippen LogP contribution in [0.15, 0.2) is 66.9 Å². The molecule has 28 heavy (non-hydrogen) atoms. The van der Waals surface area contributed by atoms with Crippen LogP contribution in [0.25, 0.3) is 22.3 Å². The SMILES string of the molecule is Cn1ncc2c(C(=O)NCCc3ccccc3)cc(-c3cccc(F)c3)nc21. The minimum Gasteiger partial charge on any atom is -0.352 e. The van der Waals surface area contributed by atoms with Gasteiger partial charge < -0.3 is 5.32 Å². The zero-order chi connectivity index (χ0) is 19.5. The molecule has 0 saturated carbocycles. The first kappa shape index (κ1) is 17.9. The molecule has 0 bridgehead atoms. The Balaban J connectivity index is 1.64. The van der Waals surface area contributed by atoms with Crippen LogP contribution >= 0.6 is 0 Å². The number of halogens is 1. The summed E-state index contributed by atoms with van der Waals surface area (Å²) in [5.41, 5.74) is 3.36. The fourth-order valence-corrected chi connectivity index (χ4v) is 3.16. The number of aromatic nitrogens is 3. The molecule has 0 radical (unpaired) electrons. The molecule has 2 aromatic heterocycles. The molecule has 0 aliphatic carbocycles. The van der Waals surface area contributed by atoms with E-state index in [-0.39, 0.29) is 11.7 Å². The highest BCUT2D eigenvalue weighted by Gasteiger charge is 2.16. The van der Waals surface area contributed by atoms with E-state index in [4.69, 9.17) is 0 Å². The Labute approximate surface area is 161 Å². The largest absolute Gasteiger partial charge is 0.352 e. The Morgan fingerprint density at radius 2 is 1.93 bits per heavy atom. The second-order valence-corrected chi connectivity index (χ2v) is 6.56. The Morgan fingerprint density at radius 3 is 2.71 bits per heavy atom. The lowest BCUT2D eigenvalue weighted by atomic mass is 10.1. The van der Waals surface area contributed by atoms with Crippen LogP contribution in [-0.4, -0.2) is 27.2 Å². The summed E-state index contributed by atoms with van der Waals surface area (Å²) < 4.78 is 15.3. The van der Waals surface area contributed by atoms with Gasteiger partial charge in [0.1, 0.15) is 5.82 Å². The first-order valence-corrected chi connectivity index (χ1v) is 9.02. The van der Waals surface area contributed by atoms with Crippen LogP contribution < -0.4 is 5.32 Å². The molecule has 2 heterocycles. The number of aryl methyl sites for hydroxylation is 1. The van der Waals surface area contributed by atoms with E-state index in [1.54, 1.807) is 36.1 Å². The third kappa shape index (κ3) is 3.62. The molecule has 0 saturated heterocycles. The van der Waals surface area contributed by atoms with Crippen molar-refractivity contribution < 1.29 is 9.18 Å². The maximum Gasteiger partial charge on any atom is 0.252 e. The topological polar surface area (TPSA) is 59.8 Å². The van der Waals surface area contributed by atoms with Gasteiger partial charge in [0.15, 0.2) is 5.65 Å². The number of rotatable bonds is 5. The summed E-state index contributed by atoms with van der Waals surface area (Å²) in [6.45, 7) is 0.516. The predicted octanol–water partition coefficient (Wildman–Crippen LogP) is 3.75. The first-order chi connectivity index (χ1) is 13.6. The molecular weight excluding hydrogens is 355 g/mol. The maximum atomic E-state index is 13.6. The van der Waals surface area contributed by atoms with Crippen molar-refractivity contribution in [1.29, 1.82) is 0 Å². The van der Waals surface area contributed by atoms with E-state index in [1.165, 1.54) is 12.1 Å². The van der Waals surface area contributed by atoms with Crippen LogP contribution in [-0.2, 0) is 13.5 Å². The number of carbonyl (C=O) groups is 1. The molecule has 0 spiro atoms. The van der Waals surface area contributed by atoms with Crippen LogP contribution in [0.1, 0.15) is 15.9 Å². The van der Waals surface area contributed by atoms with Gasteiger partial charge in [0.25, 0.3) is 5.91 Å². The number of nitrogens with zero attached hydrogens (tertiary/aromatic N) is 3. The van der Waals surface area contributed by atoms with Gasteiger partial charge in [-0.2, -0.15) is 5.10 Å². The van der Waals surface area contributed by atoms with Gasteiger partial charge in [0.05, 0.1) is 22.8 Å². The quantitative estimate of drug-likeness (QED) is 0.579. The molecule has 0 unspecified atom stereocenters. The summed E-state index contributed by atoms with van der Waals surface area (Å²) in [7, 11) is 1.77. The summed E-state index contributed by atoms with van der Waals surface area (Å²) in [5, 5.41) is 7.85. The summed E-state index contributed by atoms with van der Waals surface area (Å²) in [4.78, 5) is 17.4. The Hall–Kier alpha value is -3.54. The molecule has 0 fully saturated rings. The number of pyridine rings is 1. The minimum absolute atomic E-state index is 0.200. The molecule has 4 rings (SSSR count). The number of amides is 1. The van der Waals surface area contributed by atoms with Crippen molar-refractivity contribution in [2.24, 2.45) is 7.05 Å². The highest BCUT2D eigenvalue weighted by molar-refractivity contribution is 6.06. The number of hydrogen-bond donors (Lipinski definition) is 1. The van der Waals surface area contributed by atoms with Crippen molar-refractivity contribution in [3.05, 3.63) is 83.8 Å². The lowest BCUT2D eigenvalue weighted by molar-refractivity contribution is 0.0955. The van der Waals surface area contributed by atoms with E-state index in [1.807, 2.05) is 30.3 Å². The number of hydrogen-bond acceptors (Lipinski definition) is 3. The molecule has 4 aromatic rings. The van der Waals surface area contributed by atoms with E-state index >= 15 is 0 Å². The van der Waals surface area contributed by atoms with E-state index < -0.39 is 0 Å².